The lowest BCUT2D eigenvalue weighted by atomic mass is 10.2. The summed E-state index contributed by atoms with van der Waals surface area (Å²) in [5, 5.41) is 7.68. The van der Waals surface area contributed by atoms with Gasteiger partial charge in [-0.3, -0.25) is 0 Å². The Morgan fingerprint density at radius 3 is 2.74 bits per heavy atom. The van der Waals surface area contributed by atoms with E-state index in [-0.39, 0.29) is 10.7 Å². The Labute approximate surface area is 113 Å². The van der Waals surface area contributed by atoms with Crippen LogP contribution in [-0.2, 0) is 16.4 Å². The van der Waals surface area contributed by atoms with Crippen LogP contribution in [-0.4, -0.2) is 50.1 Å². The predicted molar refractivity (Wildman–Crippen MR) is 75.1 cm³/mol. The van der Waals surface area contributed by atoms with Crippen LogP contribution in [0.15, 0.2) is 4.90 Å². The molecule has 3 N–H and O–H groups in total. The fourth-order valence-electron chi connectivity index (χ4n) is 2.37. The van der Waals surface area contributed by atoms with E-state index in [0.29, 0.717) is 18.4 Å². The highest BCUT2D eigenvalue weighted by Crippen LogP contribution is 2.30. The lowest BCUT2D eigenvalue weighted by Gasteiger charge is -2.32. The van der Waals surface area contributed by atoms with E-state index in [4.69, 9.17) is 5.73 Å². The van der Waals surface area contributed by atoms with Crippen molar-refractivity contribution in [3.63, 3.8) is 0 Å². The van der Waals surface area contributed by atoms with Gasteiger partial charge in [0.1, 0.15) is 5.82 Å². The molecule has 1 atom stereocenters. The SMILES string of the molecule is CCn1nc(N2CCNC(C)C2)c(S(C)(=O)=O)c1N. The van der Waals surface area contributed by atoms with Crippen molar-refractivity contribution < 1.29 is 8.42 Å². The molecular formula is C11H21N5O2S. The maximum absolute atomic E-state index is 12.0. The van der Waals surface area contributed by atoms with Gasteiger partial charge in [-0.25, -0.2) is 13.1 Å². The Balaban J connectivity index is 2.50. The summed E-state index contributed by atoms with van der Waals surface area (Å²) in [7, 11) is -3.39. The van der Waals surface area contributed by atoms with E-state index in [1.54, 1.807) is 4.68 Å². The van der Waals surface area contributed by atoms with Crippen molar-refractivity contribution in [3.8, 4) is 0 Å². The van der Waals surface area contributed by atoms with E-state index < -0.39 is 9.84 Å². The first-order valence-corrected chi connectivity index (χ1v) is 8.28. The largest absolute Gasteiger partial charge is 0.383 e. The van der Waals surface area contributed by atoms with Crippen molar-refractivity contribution in [2.45, 2.75) is 31.3 Å². The Kier molecular flexibility index (Phi) is 3.73. The van der Waals surface area contributed by atoms with Gasteiger partial charge in [0.25, 0.3) is 0 Å². The molecule has 8 heteroatoms. The van der Waals surface area contributed by atoms with Crippen LogP contribution in [0.5, 0.6) is 0 Å². The monoisotopic (exact) mass is 287 g/mol. The molecule has 0 bridgehead atoms. The van der Waals surface area contributed by atoms with Crippen molar-refractivity contribution in [1.82, 2.24) is 15.1 Å². The number of nitrogens with one attached hydrogen (secondary N) is 1. The molecule has 0 spiro atoms. The van der Waals surface area contributed by atoms with Crippen molar-refractivity contribution >= 4 is 21.5 Å². The number of anilines is 2. The van der Waals surface area contributed by atoms with Crippen LogP contribution in [0, 0.1) is 0 Å². The summed E-state index contributed by atoms with van der Waals surface area (Å²) in [6, 6.07) is 0.300. The number of hydrogen-bond acceptors (Lipinski definition) is 6. The number of nitrogen functional groups attached to an aromatic ring is 1. The molecule has 1 aromatic rings. The summed E-state index contributed by atoms with van der Waals surface area (Å²) in [4.78, 5) is 2.14. The van der Waals surface area contributed by atoms with Crippen LogP contribution in [0.25, 0.3) is 0 Å². The Morgan fingerprint density at radius 1 is 1.53 bits per heavy atom. The van der Waals surface area contributed by atoms with E-state index in [2.05, 4.69) is 17.3 Å². The zero-order valence-corrected chi connectivity index (χ0v) is 12.4. The minimum absolute atomic E-state index is 0.156. The molecule has 0 amide bonds. The van der Waals surface area contributed by atoms with Gasteiger partial charge in [-0.1, -0.05) is 0 Å². The molecule has 0 aliphatic carbocycles. The second kappa shape index (κ2) is 5.01. The maximum Gasteiger partial charge on any atom is 0.182 e. The molecule has 0 saturated carbocycles. The van der Waals surface area contributed by atoms with Gasteiger partial charge in [-0.2, -0.15) is 5.10 Å². The summed E-state index contributed by atoms with van der Waals surface area (Å²) >= 11 is 0. The Morgan fingerprint density at radius 2 is 2.21 bits per heavy atom. The molecule has 1 aliphatic heterocycles. The first-order chi connectivity index (χ1) is 8.84. The number of rotatable bonds is 3. The fraction of sp³-hybridized carbons (Fsp3) is 0.727. The third kappa shape index (κ3) is 2.69. The van der Waals surface area contributed by atoms with E-state index in [0.717, 1.165) is 19.6 Å². The zero-order chi connectivity index (χ0) is 14.2. The van der Waals surface area contributed by atoms with Gasteiger partial charge < -0.3 is 16.0 Å². The molecule has 1 saturated heterocycles. The van der Waals surface area contributed by atoms with E-state index in [9.17, 15) is 8.42 Å². The summed E-state index contributed by atoms with van der Waals surface area (Å²) in [5.74, 6) is 0.710. The molecule has 19 heavy (non-hydrogen) atoms. The van der Waals surface area contributed by atoms with Gasteiger partial charge >= 0.3 is 0 Å². The molecule has 1 aliphatic rings. The predicted octanol–water partition coefficient (Wildman–Crippen LogP) is -0.313. The van der Waals surface area contributed by atoms with Crippen LogP contribution in [0.3, 0.4) is 0 Å². The van der Waals surface area contributed by atoms with Crippen LogP contribution in [0.1, 0.15) is 13.8 Å². The second-order valence-electron chi connectivity index (χ2n) is 4.93. The van der Waals surface area contributed by atoms with Crippen molar-refractivity contribution in [3.05, 3.63) is 0 Å². The van der Waals surface area contributed by atoms with Gasteiger partial charge in [0.2, 0.25) is 0 Å². The highest BCUT2D eigenvalue weighted by molar-refractivity contribution is 7.91. The molecule has 108 valence electrons. The van der Waals surface area contributed by atoms with Crippen LogP contribution in [0.4, 0.5) is 11.6 Å². The van der Waals surface area contributed by atoms with Gasteiger partial charge in [-0.05, 0) is 13.8 Å². The molecule has 1 aromatic heterocycles. The van der Waals surface area contributed by atoms with Crippen molar-refractivity contribution in [1.29, 1.82) is 0 Å². The van der Waals surface area contributed by atoms with Crippen molar-refractivity contribution in [2.24, 2.45) is 0 Å². The van der Waals surface area contributed by atoms with Crippen LogP contribution >= 0.6 is 0 Å². The first-order valence-electron chi connectivity index (χ1n) is 6.39. The van der Waals surface area contributed by atoms with Gasteiger partial charge in [0.05, 0.1) is 0 Å². The number of sulfone groups is 1. The van der Waals surface area contributed by atoms with E-state index >= 15 is 0 Å². The van der Waals surface area contributed by atoms with Gasteiger partial charge in [0, 0.05) is 38.5 Å². The minimum atomic E-state index is -3.39. The normalized spacial score (nSPS) is 20.8. The number of piperazine rings is 1. The third-order valence-electron chi connectivity index (χ3n) is 3.27. The molecule has 1 fully saturated rings. The molecule has 2 rings (SSSR count). The number of nitrogens with two attached hydrogens (primary N) is 1. The number of hydrogen-bond donors (Lipinski definition) is 2. The third-order valence-corrected chi connectivity index (χ3v) is 4.40. The molecule has 7 nitrogen and oxygen atoms in total. The topological polar surface area (TPSA) is 93.2 Å². The quantitative estimate of drug-likeness (QED) is 0.792. The molecular weight excluding hydrogens is 266 g/mol. The average molecular weight is 287 g/mol. The molecule has 0 radical (unpaired) electrons. The van der Waals surface area contributed by atoms with E-state index in [1.165, 1.54) is 6.26 Å². The highest BCUT2D eigenvalue weighted by atomic mass is 32.2. The summed E-state index contributed by atoms with van der Waals surface area (Å²) in [6.07, 6.45) is 1.18. The Hall–Kier alpha value is -1.28. The first kappa shape index (κ1) is 14.1. The lowest BCUT2D eigenvalue weighted by molar-refractivity contribution is 0.478. The summed E-state index contributed by atoms with van der Waals surface area (Å²) in [6.45, 7) is 6.76. The van der Waals surface area contributed by atoms with E-state index in [1.807, 2.05) is 11.8 Å². The average Bonchev–Trinajstić information content (AvgIpc) is 2.66. The molecule has 2 heterocycles. The van der Waals surface area contributed by atoms with Gasteiger partial charge in [0.15, 0.2) is 20.6 Å². The van der Waals surface area contributed by atoms with Crippen LogP contribution < -0.4 is 16.0 Å². The maximum atomic E-state index is 12.0. The van der Waals surface area contributed by atoms with Crippen LogP contribution in [0.2, 0.25) is 0 Å². The zero-order valence-electron chi connectivity index (χ0n) is 11.5. The number of nitrogens with zero attached hydrogens (tertiary/aromatic N) is 3. The fourth-order valence-corrected chi connectivity index (χ4v) is 3.36. The smallest absolute Gasteiger partial charge is 0.182 e. The summed E-state index contributed by atoms with van der Waals surface area (Å²) in [5.41, 5.74) is 5.92. The number of aryl methyl sites for hydroxylation is 1. The minimum Gasteiger partial charge on any atom is -0.383 e. The second-order valence-corrected chi connectivity index (χ2v) is 6.88. The standard InChI is InChI=1S/C11H21N5O2S/c1-4-16-10(12)9(19(3,17)18)11(14-16)15-6-5-13-8(2)7-15/h8,13H,4-7,12H2,1-3H3. The number of aromatic nitrogens is 2. The lowest BCUT2D eigenvalue weighted by Crippen LogP contribution is -2.49. The Bertz CT molecular complexity index is 566. The van der Waals surface area contributed by atoms with Gasteiger partial charge in [-0.15, -0.1) is 0 Å². The summed E-state index contributed by atoms with van der Waals surface area (Å²) < 4.78 is 25.4. The van der Waals surface area contributed by atoms with Crippen molar-refractivity contribution in [2.75, 3.05) is 36.5 Å². The highest BCUT2D eigenvalue weighted by Gasteiger charge is 2.29. The molecule has 0 aromatic carbocycles. The molecule has 1 unspecified atom stereocenters.